The van der Waals surface area contributed by atoms with E-state index in [0.29, 0.717) is 10.5 Å². The van der Waals surface area contributed by atoms with Crippen molar-refractivity contribution in [3.63, 3.8) is 0 Å². The predicted molar refractivity (Wildman–Crippen MR) is 100 cm³/mol. The summed E-state index contributed by atoms with van der Waals surface area (Å²) in [6.45, 7) is 4.21. The molecule has 1 N–H and O–H groups in total. The number of hydrogen-bond donors (Lipinski definition) is 1. The summed E-state index contributed by atoms with van der Waals surface area (Å²) < 4.78 is 0. The number of phenolic OH excluding ortho intramolecular Hbond substituents is 1. The minimum atomic E-state index is 0.0383. The van der Waals surface area contributed by atoms with Gasteiger partial charge in [-0.2, -0.15) is 0 Å². The van der Waals surface area contributed by atoms with Crippen LogP contribution in [-0.4, -0.2) is 28.1 Å². The molecule has 0 amide bonds. The molecule has 124 valence electrons. The standard InChI is InChI=1S/C19H19ClN2OS/c1-12-6-10-24-19(12)17(22-8-2-3-9-22)14-11-15(20)13-5-4-7-21-16(13)18(14)23/h4-7,10-11,17,23H,2-3,8-9H2,1H3. The number of rotatable bonds is 3. The molecule has 0 saturated carbocycles. The van der Waals surface area contributed by atoms with E-state index in [0.717, 1.165) is 24.0 Å². The molecule has 3 aromatic rings. The molecule has 1 unspecified atom stereocenters. The largest absolute Gasteiger partial charge is 0.505 e. The van der Waals surface area contributed by atoms with Crippen LogP contribution in [0.1, 0.15) is 34.9 Å². The number of hydrogen-bond acceptors (Lipinski definition) is 4. The van der Waals surface area contributed by atoms with E-state index in [2.05, 4.69) is 28.3 Å². The Balaban J connectivity index is 1.94. The van der Waals surface area contributed by atoms with Crippen LogP contribution < -0.4 is 0 Å². The van der Waals surface area contributed by atoms with Crippen LogP contribution in [0, 0.1) is 6.92 Å². The fraction of sp³-hybridized carbons (Fsp3) is 0.316. The maximum Gasteiger partial charge on any atom is 0.147 e. The van der Waals surface area contributed by atoms with Gasteiger partial charge in [0.15, 0.2) is 0 Å². The highest BCUT2D eigenvalue weighted by molar-refractivity contribution is 7.10. The topological polar surface area (TPSA) is 36.4 Å². The number of aromatic hydroxyl groups is 1. The van der Waals surface area contributed by atoms with Crippen LogP contribution in [0.4, 0.5) is 0 Å². The Morgan fingerprint density at radius 1 is 1.29 bits per heavy atom. The van der Waals surface area contributed by atoms with Crippen molar-refractivity contribution in [1.82, 2.24) is 9.88 Å². The smallest absolute Gasteiger partial charge is 0.147 e. The van der Waals surface area contributed by atoms with Crippen LogP contribution in [0.15, 0.2) is 35.8 Å². The third kappa shape index (κ3) is 2.59. The predicted octanol–water partition coefficient (Wildman–Crippen LogP) is 5.15. The minimum absolute atomic E-state index is 0.0383. The lowest BCUT2D eigenvalue weighted by molar-refractivity contribution is 0.278. The SMILES string of the molecule is Cc1ccsc1C(c1cc(Cl)c2cccnc2c1O)N1CCCC1. The van der Waals surface area contributed by atoms with E-state index >= 15 is 0 Å². The molecule has 1 fully saturated rings. The number of aryl methyl sites for hydroxylation is 1. The summed E-state index contributed by atoms with van der Waals surface area (Å²) in [6.07, 6.45) is 4.09. The highest BCUT2D eigenvalue weighted by Gasteiger charge is 2.30. The number of nitrogens with zero attached hydrogens (tertiary/aromatic N) is 2. The summed E-state index contributed by atoms with van der Waals surface area (Å²) in [5, 5.41) is 14.5. The lowest BCUT2D eigenvalue weighted by Gasteiger charge is -2.29. The lowest BCUT2D eigenvalue weighted by Crippen LogP contribution is -2.26. The molecule has 1 saturated heterocycles. The Labute approximate surface area is 150 Å². The molecule has 24 heavy (non-hydrogen) atoms. The Kier molecular flexibility index (Phi) is 4.21. The van der Waals surface area contributed by atoms with E-state index < -0.39 is 0 Å². The number of benzene rings is 1. The van der Waals surface area contributed by atoms with Gasteiger partial charge in [0.1, 0.15) is 11.3 Å². The summed E-state index contributed by atoms with van der Waals surface area (Å²) in [6, 6.07) is 7.84. The number of phenols is 1. The van der Waals surface area contributed by atoms with E-state index in [4.69, 9.17) is 11.6 Å². The zero-order valence-electron chi connectivity index (χ0n) is 13.5. The van der Waals surface area contributed by atoms with Crippen LogP contribution in [0.3, 0.4) is 0 Å². The zero-order chi connectivity index (χ0) is 16.7. The molecule has 0 spiro atoms. The first-order valence-corrected chi connectivity index (χ1v) is 9.46. The fourth-order valence-corrected chi connectivity index (χ4v) is 4.93. The number of aromatic nitrogens is 1. The Morgan fingerprint density at radius 2 is 2.08 bits per heavy atom. The number of thiophene rings is 1. The van der Waals surface area contributed by atoms with Crippen LogP contribution in [-0.2, 0) is 0 Å². The third-order valence-electron chi connectivity index (χ3n) is 4.80. The summed E-state index contributed by atoms with van der Waals surface area (Å²) in [5.41, 5.74) is 2.70. The average molecular weight is 359 g/mol. The van der Waals surface area contributed by atoms with Crippen molar-refractivity contribution in [1.29, 1.82) is 0 Å². The van der Waals surface area contributed by atoms with Gasteiger partial charge in [-0.05, 0) is 68.1 Å². The first-order valence-electron chi connectivity index (χ1n) is 8.21. The van der Waals surface area contributed by atoms with Crippen molar-refractivity contribution in [2.24, 2.45) is 0 Å². The second-order valence-corrected chi connectivity index (χ2v) is 7.66. The van der Waals surface area contributed by atoms with Crippen LogP contribution in [0.25, 0.3) is 10.9 Å². The molecule has 3 heterocycles. The minimum Gasteiger partial charge on any atom is -0.505 e. The zero-order valence-corrected chi connectivity index (χ0v) is 15.1. The molecule has 1 aliphatic rings. The van der Waals surface area contributed by atoms with E-state index in [1.165, 1.54) is 23.3 Å². The van der Waals surface area contributed by atoms with Crippen LogP contribution in [0.5, 0.6) is 5.75 Å². The molecular weight excluding hydrogens is 340 g/mol. The average Bonchev–Trinajstić information content (AvgIpc) is 3.25. The normalized spacial score (nSPS) is 16.8. The van der Waals surface area contributed by atoms with Gasteiger partial charge >= 0.3 is 0 Å². The van der Waals surface area contributed by atoms with Gasteiger partial charge in [-0.3, -0.25) is 9.88 Å². The van der Waals surface area contributed by atoms with E-state index in [1.807, 2.05) is 18.2 Å². The fourth-order valence-electron chi connectivity index (χ4n) is 3.58. The van der Waals surface area contributed by atoms with Gasteiger partial charge in [0.25, 0.3) is 0 Å². The first-order chi connectivity index (χ1) is 11.7. The molecule has 0 bridgehead atoms. The Bertz CT molecular complexity index is 886. The van der Waals surface area contributed by atoms with Gasteiger partial charge in [0, 0.05) is 22.0 Å². The molecule has 0 radical (unpaired) electrons. The van der Waals surface area contributed by atoms with Gasteiger partial charge in [-0.1, -0.05) is 11.6 Å². The van der Waals surface area contributed by atoms with E-state index in [1.54, 1.807) is 17.5 Å². The molecule has 0 aliphatic carbocycles. The number of halogens is 1. The molecule has 2 aromatic heterocycles. The van der Waals surface area contributed by atoms with E-state index in [9.17, 15) is 5.11 Å². The number of likely N-dealkylation sites (tertiary alicyclic amines) is 1. The Hall–Kier alpha value is -1.62. The summed E-state index contributed by atoms with van der Waals surface area (Å²) >= 11 is 8.26. The van der Waals surface area contributed by atoms with Crippen molar-refractivity contribution >= 4 is 33.8 Å². The van der Waals surface area contributed by atoms with Crippen molar-refractivity contribution in [2.75, 3.05) is 13.1 Å². The van der Waals surface area contributed by atoms with Gasteiger partial charge in [-0.25, -0.2) is 0 Å². The van der Waals surface area contributed by atoms with Crippen LogP contribution in [0.2, 0.25) is 5.02 Å². The van der Waals surface area contributed by atoms with Gasteiger partial charge in [-0.15, -0.1) is 11.3 Å². The second kappa shape index (κ2) is 6.36. The third-order valence-corrected chi connectivity index (χ3v) is 6.18. The quantitative estimate of drug-likeness (QED) is 0.703. The van der Waals surface area contributed by atoms with Gasteiger partial charge in [0.05, 0.1) is 11.1 Å². The highest BCUT2D eigenvalue weighted by Crippen LogP contribution is 2.43. The number of pyridine rings is 1. The lowest BCUT2D eigenvalue weighted by atomic mass is 9.98. The molecule has 1 aliphatic heterocycles. The molecule has 1 atom stereocenters. The van der Waals surface area contributed by atoms with E-state index in [-0.39, 0.29) is 11.8 Å². The van der Waals surface area contributed by atoms with Crippen LogP contribution >= 0.6 is 22.9 Å². The van der Waals surface area contributed by atoms with Gasteiger partial charge < -0.3 is 5.11 Å². The molecule has 3 nitrogen and oxygen atoms in total. The molecular formula is C19H19ClN2OS. The Morgan fingerprint density at radius 3 is 2.79 bits per heavy atom. The van der Waals surface area contributed by atoms with Crippen molar-refractivity contribution in [3.05, 3.63) is 56.9 Å². The summed E-state index contributed by atoms with van der Waals surface area (Å²) in [5.74, 6) is 0.250. The molecule has 5 heteroatoms. The second-order valence-electron chi connectivity index (χ2n) is 6.31. The summed E-state index contributed by atoms with van der Waals surface area (Å²) in [7, 11) is 0. The van der Waals surface area contributed by atoms with Crippen molar-refractivity contribution in [2.45, 2.75) is 25.8 Å². The maximum absolute atomic E-state index is 11.0. The first kappa shape index (κ1) is 15.9. The number of fused-ring (bicyclic) bond motifs is 1. The molecule has 4 rings (SSSR count). The van der Waals surface area contributed by atoms with Gasteiger partial charge in [0.2, 0.25) is 0 Å². The van der Waals surface area contributed by atoms with Crippen molar-refractivity contribution in [3.8, 4) is 5.75 Å². The highest BCUT2D eigenvalue weighted by atomic mass is 35.5. The monoisotopic (exact) mass is 358 g/mol. The summed E-state index contributed by atoms with van der Waals surface area (Å²) in [4.78, 5) is 8.09. The maximum atomic E-state index is 11.0. The molecule has 1 aromatic carbocycles. The van der Waals surface area contributed by atoms with Crippen molar-refractivity contribution < 1.29 is 5.11 Å².